The summed E-state index contributed by atoms with van der Waals surface area (Å²) in [4.78, 5) is 24.1. The average molecular weight is 398 g/mol. The second-order valence-corrected chi connectivity index (χ2v) is 7.24. The first-order valence-electron chi connectivity index (χ1n) is 9.65. The molecule has 0 amide bonds. The van der Waals surface area contributed by atoms with Crippen LogP contribution in [0.1, 0.15) is 22.8 Å². The van der Waals surface area contributed by atoms with E-state index in [2.05, 4.69) is 0 Å². The summed E-state index contributed by atoms with van der Waals surface area (Å²) in [5.41, 5.74) is 4.91. The maximum absolute atomic E-state index is 12.5. The van der Waals surface area contributed by atoms with Crippen LogP contribution in [0.4, 0.5) is 0 Å². The van der Waals surface area contributed by atoms with Crippen molar-refractivity contribution in [2.75, 3.05) is 6.61 Å². The highest BCUT2D eigenvalue weighted by Gasteiger charge is 2.31. The zero-order chi connectivity index (χ0) is 20.7. The lowest BCUT2D eigenvalue weighted by molar-refractivity contribution is -0.149. The molecule has 5 rings (SSSR count). The quantitative estimate of drug-likeness (QED) is 0.365. The first-order valence-corrected chi connectivity index (χ1v) is 9.65. The molecule has 0 saturated carbocycles. The predicted octanol–water partition coefficient (Wildman–Crippen LogP) is 4.79. The summed E-state index contributed by atoms with van der Waals surface area (Å²) in [6, 6.07) is 22.4. The monoisotopic (exact) mass is 398 g/mol. The number of aryl methyl sites for hydroxylation is 1. The highest BCUT2D eigenvalue weighted by Crippen LogP contribution is 2.45. The molecular formula is C25H18O5. The molecule has 3 aromatic carbocycles. The lowest BCUT2D eigenvalue weighted by atomic mass is 10.1. The average Bonchev–Trinajstić information content (AvgIpc) is 3.06. The van der Waals surface area contributed by atoms with E-state index >= 15 is 0 Å². The molecule has 0 radical (unpaired) electrons. The standard InChI is InChI=1S/C25H18O5/c1-15-12-23(26)29-22-13-16(10-11-17(15)22)28-14-24(27)30-25-20-8-4-2-6-18(20)19-7-3-5-9-21(19)25/h2-13,25H,14H2,1H3. The number of hydrogen-bond donors (Lipinski definition) is 0. The van der Waals surface area contributed by atoms with Crippen molar-refractivity contribution >= 4 is 16.9 Å². The van der Waals surface area contributed by atoms with Gasteiger partial charge < -0.3 is 13.9 Å². The topological polar surface area (TPSA) is 65.7 Å². The van der Waals surface area contributed by atoms with Crippen molar-refractivity contribution in [3.05, 3.63) is 99.9 Å². The van der Waals surface area contributed by atoms with Gasteiger partial charge in [0.2, 0.25) is 0 Å². The molecular weight excluding hydrogens is 380 g/mol. The van der Waals surface area contributed by atoms with E-state index in [-0.39, 0.29) is 6.61 Å². The van der Waals surface area contributed by atoms with Crippen molar-refractivity contribution in [2.24, 2.45) is 0 Å². The smallest absolute Gasteiger partial charge is 0.345 e. The van der Waals surface area contributed by atoms with Gasteiger partial charge in [0, 0.05) is 28.6 Å². The van der Waals surface area contributed by atoms with E-state index in [0.29, 0.717) is 11.3 Å². The van der Waals surface area contributed by atoms with Gasteiger partial charge in [0.25, 0.3) is 0 Å². The Labute approximate surface area is 172 Å². The van der Waals surface area contributed by atoms with Gasteiger partial charge >= 0.3 is 11.6 Å². The van der Waals surface area contributed by atoms with Crippen molar-refractivity contribution in [2.45, 2.75) is 13.0 Å². The minimum Gasteiger partial charge on any atom is -0.482 e. The fourth-order valence-corrected chi connectivity index (χ4v) is 3.94. The number of carbonyl (C=O) groups is 1. The van der Waals surface area contributed by atoms with Crippen LogP contribution in [-0.2, 0) is 9.53 Å². The third-order valence-corrected chi connectivity index (χ3v) is 5.31. The molecule has 0 fully saturated rings. The minimum atomic E-state index is -0.475. The fraction of sp³-hybridized carbons (Fsp3) is 0.120. The third kappa shape index (κ3) is 3.14. The predicted molar refractivity (Wildman–Crippen MR) is 113 cm³/mol. The van der Waals surface area contributed by atoms with E-state index < -0.39 is 17.7 Å². The van der Waals surface area contributed by atoms with Gasteiger partial charge in [0.05, 0.1) is 0 Å². The highest BCUT2D eigenvalue weighted by molar-refractivity contribution is 5.82. The molecule has 0 unspecified atom stereocenters. The summed E-state index contributed by atoms with van der Waals surface area (Å²) >= 11 is 0. The van der Waals surface area contributed by atoms with Crippen molar-refractivity contribution in [3.8, 4) is 16.9 Å². The number of esters is 1. The summed E-state index contributed by atoms with van der Waals surface area (Å²) < 4.78 is 16.6. The van der Waals surface area contributed by atoms with E-state index in [9.17, 15) is 9.59 Å². The number of hydrogen-bond acceptors (Lipinski definition) is 5. The van der Waals surface area contributed by atoms with Gasteiger partial charge in [-0.3, -0.25) is 0 Å². The molecule has 1 aromatic heterocycles. The van der Waals surface area contributed by atoms with Crippen LogP contribution in [0.5, 0.6) is 5.75 Å². The fourth-order valence-electron chi connectivity index (χ4n) is 3.94. The second kappa shape index (κ2) is 7.19. The third-order valence-electron chi connectivity index (χ3n) is 5.31. The van der Waals surface area contributed by atoms with Crippen LogP contribution in [0.15, 0.2) is 82.0 Å². The molecule has 1 aliphatic rings. The van der Waals surface area contributed by atoms with E-state index in [1.54, 1.807) is 18.2 Å². The molecule has 1 aliphatic carbocycles. The summed E-state index contributed by atoms with van der Waals surface area (Å²) in [5.74, 6) is -0.0438. The molecule has 0 N–H and O–H groups in total. The van der Waals surface area contributed by atoms with Crippen molar-refractivity contribution in [3.63, 3.8) is 0 Å². The van der Waals surface area contributed by atoms with Crippen molar-refractivity contribution < 1.29 is 18.7 Å². The van der Waals surface area contributed by atoms with Crippen LogP contribution < -0.4 is 10.4 Å². The van der Waals surface area contributed by atoms with Gasteiger partial charge in [-0.1, -0.05) is 48.5 Å². The normalized spacial score (nSPS) is 12.4. The Bertz CT molecular complexity index is 1290. The minimum absolute atomic E-state index is 0.248. The van der Waals surface area contributed by atoms with E-state index in [1.165, 1.54) is 6.07 Å². The number of carbonyl (C=O) groups excluding carboxylic acids is 1. The largest absolute Gasteiger partial charge is 0.482 e. The van der Waals surface area contributed by atoms with Gasteiger partial charge in [-0.05, 0) is 35.7 Å². The lowest BCUT2D eigenvalue weighted by Gasteiger charge is -2.15. The number of rotatable bonds is 4. The Morgan fingerprint density at radius 2 is 1.60 bits per heavy atom. The van der Waals surface area contributed by atoms with E-state index in [0.717, 1.165) is 33.2 Å². The summed E-state index contributed by atoms with van der Waals surface area (Å²) in [6.07, 6.45) is -0.453. The van der Waals surface area contributed by atoms with Crippen LogP contribution >= 0.6 is 0 Å². The first kappa shape index (κ1) is 18.2. The second-order valence-electron chi connectivity index (χ2n) is 7.24. The van der Waals surface area contributed by atoms with Crippen LogP contribution in [0, 0.1) is 6.92 Å². The maximum atomic E-state index is 12.5. The molecule has 5 nitrogen and oxygen atoms in total. The van der Waals surface area contributed by atoms with Crippen molar-refractivity contribution in [1.29, 1.82) is 0 Å². The highest BCUT2D eigenvalue weighted by atomic mass is 16.6. The first-order chi connectivity index (χ1) is 14.6. The van der Waals surface area contributed by atoms with Crippen LogP contribution in [0.25, 0.3) is 22.1 Å². The van der Waals surface area contributed by atoms with Gasteiger partial charge in [0.15, 0.2) is 12.7 Å². The zero-order valence-electron chi connectivity index (χ0n) is 16.3. The Balaban J connectivity index is 1.34. The summed E-state index contributed by atoms with van der Waals surface area (Å²) in [5, 5.41) is 0.823. The Hall–Kier alpha value is -3.86. The lowest BCUT2D eigenvalue weighted by Crippen LogP contribution is -2.18. The molecule has 148 valence electrons. The number of ether oxygens (including phenoxy) is 2. The Morgan fingerprint density at radius 1 is 0.933 bits per heavy atom. The molecule has 0 bridgehead atoms. The Morgan fingerprint density at radius 3 is 2.30 bits per heavy atom. The number of benzene rings is 3. The molecule has 4 aromatic rings. The zero-order valence-corrected chi connectivity index (χ0v) is 16.3. The molecule has 30 heavy (non-hydrogen) atoms. The van der Waals surface area contributed by atoms with Crippen LogP contribution in [-0.4, -0.2) is 12.6 Å². The molecule has 0 aliphatic heterocycles. The van der Waals surface area contributed by atoms with E-state index in [1.807, 2.05) is 55.5 Å². The summed E-state index contributed by atoms with van der Waals surface area (Å²) in [7, 11) is 0. The molecule has 0 atom stereocenters. The SMILES string of the molecule is Cc1cc(=O)oc2cc(OCC(=O)OC3c4ccccc4-c4ccccc43)ccc12. The molecule has 1 heterocycles. The van der Waals surface area contributed by atoms with Gasteiger partial charge in [-0.25, -0.2) is 9.59 Å². The van der Waals surface area contributed by atoms with Gasteiger partial charge in [0.1, 0.15) is 11.3 Å². The maximum Gasteiger partial charge on any atom is 0.345 e. The van der Waals surface area contributed by atoms with Gasteiger partial charge in [-0.2, -0.15) is 0 Å². The number of fused-ring (bicyclic) bond motifs is 4. The Kier molecular flexibility index (Phi) is 4.36. The van der Waals surface area contributed by atoms with E-state index in [4.69, 9.17) is 13.9 Å². The van der Waals surface area contributed by atoms with Crippen LogP contribution in [0.3, 0.4) is 0 Å². The molecule has 0 saturated heterocycles. The van der Waals surface area contributed by atoms with Crippen LogP contribution in [0.2, 0.25) is 0 Å². The summed E-state index contributed by atoms with van der Waals surface area (Å²) in [6.45, 7) is 1.59. The molecule has 0 spiro atoms. The van der Waals surface area contributed by atoms with Crippen molar-refractivity contribution in [1.82, 2.24) is 0 Å². The molecule has 5 heteroatoms. The van der Waals surface area contributed by atoms with Gasteiger partial charge in [-0.15, -0.1) is 0 Å².